The van der Waals surface area contributed by atoms with Crippen LogP contribution >= 0.6 is 0 Å². The molecule has 9 nitrogen and oxygen atoms in total. The summed E-state index contributed by atoms with van der Waals surface area (Å²) in [6, 6.07) is 1.80. The second kappa shape index (κ2) is 5.43. The molecule has 0 fully saturated rings. The SMILES string of the molecule is CCCNc1nc(-n2cccn2)nc(-n2cncn2)n1. The lowest BCUT2D eigenvalue weighted by atomic mass is 10.5. The molecular weight excluding hydrogens is 258 g/mol. The van der Waals surface area contributed by atoms with Gasteiger partial charge in [-0.3, -0.25) is 0 Å². The van der Waals surface area contributed by atoms with Crippen molar-refractivity contribution in [2.24, 2.45) is 0 Å². The van der Waals surface area contributed by atoms with Gasteiger partial charge in [0.25, 0.3) is 11.9 Å². The summed E-state index contributed by atoms with van der Waals surface area (Å²) < 4.78 is 3.05. The van der Waals surface area contributed by atoms with Gasteiger partial charge in [0.15, 0.2) is 0 Å². The van der Waals surface area contributed by atoms with Crippen molar-refractivity contribution in [1.29, 1.82) is 0 Å². The first-order valence-corrected chi connectivity index (χ1v) is 6.22. The molecule has 1 N–H and O–H groups in total. The summed E-state index contributed by atoms with van der Waals surface area (Å²) in [6.45, 7) is 2.85. The highest BCUT2D eigenvalue weighted by Crippen LogP contribution is 2.07. The monoisotopic (exact) mass is 271 g/mol. The molecule has 0 saturated carbocycles. The Labute approximate surface area is 114 Å². The summed E-state index contributed by atoms with van der Waals surface area (Å²) in [5.74, 6) is 1.30. The molecule has 0 unspecified atom stereocenters. The Balaban J connectivity index is 2.03. The fourth-order valence-electron chi connectivity index (χ4n) is 1.57. The van der Waals surface area contributed by atoms with Crippen LogP contribution in [0.3, 0.4) is 0 Å². The van der Waals surface area contributed by atoms with Crippen LogP contribution in [-0.2, 0) is 0 Å². The highest BCUT2D eigenvalue weighted by molar-refractivity contribution is 5.32. The Hall–Kier alpha value is -2.84. The van der Waals surface area contributed by atoms with E-state index in [4.69, 9.17) is 0 Å². The molecule has 0 spiro atoms. The van der Waals surface area contributed by atoms with Crippen molar-refractivity contribution in [3.8, 4) is 11.9 Å². The molecule has 0 aliphatic carbocycles. The number of rotatable bonds is 5. The summed E-state index contributed by atoms with van der Waals surface area (Å²) in [5, 5.41) is 11.3. The van der Waals surface area contributed by atoms with Crippen LogP contribution in [0.5, 0.6) is 0 Å². The van der Waals surface area contributed by atoms with E-state index in [-0.39, 0.29) is 0 Å². The van der Waals surface area contributed by atoms with Crippen LogP contribution in [0.15, 0.2) is 31.1 Å². The Morgan fingerprint density at radius 3 is 2.60 bits per heavy atom. The summed E-state index contributed by atoms with van der Waals surface area (Å²) in [7, 11) is 0. The molecule has 102 valence electrons. The van der Waals surface area contributed by atoms with E-state index in [9.17, 15) is 0 Å². The minimum atomic E-state index is 0.390. The highest BCUT2D eigenvalue weighted by Gasteiger charge is 2.10. The van der Waals surface area contributed by atoms with E-state index in [2.05, 4.69) is 42.4 Å². The largest absolute Gasteiger partial charge is 0.354 e. The van der Waals surface area contributed by atoms with Crippen LogP contribution in [0.2, 0.25) is 0 Å². The Bertz CT molecular complexity index is 607. The molecule has 0 amide bonds. The van der Waals surface area contributed by atoms with Gasteiger partial charge in [0.1, 0.15) is 12.7 Å². The quantitative estimate of drug-likeness (QED) is 0.719. The predicted molar refractivity (Wildman–Crippen MR) is 70.6 cm³/mol. The van der Waals surface area contributed by atoms with Gasteiger partial charge in [-0.15, -0.1) is 0 Å². The maximum absolute atomic E-state index is 4.33. The average Bonchev–Trinajstić information content (AvgIpc) is 3.17. The smallest absolute Gasteiger partial charge is 0.258 e. The lowest BCUT2D eigenvalue weighted by molar-refractivity contribution is 0.743. The summed E-state index contributed by atoms with van der Waals surface area (Å²) >= 11 is 0. The molecule has 0 aromatic carbocycles. The van der Waals surface area contributed by atoms with Crippen LogP contribution in [0.25, 0.3) is 11.9 Å². The Kier molecular flexibility index (Phi) is 3.31. The number of hydrogen-bond donors (Lipinski definition) is 1. The van der Waals surface area contributed by atoms with Crippen LogP contribution in [0, 0.1) is 0 Å². The van der Waals surface area contributed by atoms with Crippen LogP contribution in [0.1, 0.15) is 13.3 Å². The van der Waals surface area contributed by atoms with Crippen molar-refractivity contribution in [3.63, 3.8) is 0 Å². The number of nitrogens with zero attached hydrogens (tertiary/aromatic N) is 8. The van der Waals surface area contributed by atoms with E-state index in [1.165, 1.54) is 17.3 Å². The molecule has 20 heavy (non-hydrogen) atoms. The van der Waals surface area contributed by atoms with Gasteiger partial charge >= 0.3 is 0 Å². The Morgan fingerprint density at radius 2 is 1.95 bits per heavy atom. The summed E-state index contributed by atoms with van der Waals surface area (Å²) in [6.07, 6.45) is 7.37. The fraction of sp³-hybridized carbons (Fsp3) is 0.273. The maximum atomic E-state index is 4.33. The zero-order chi connectivity index (χ0) is 13.8. The van der Waals surface area contributed by atoms with Gasteiger partial charge < -0.3 is 5.32 Å². The zero-order valence-electron chi connectivity index (χ0n) is 10.9. The van der Waals surface area contributed by atoms with E-state index in [1.807, 2.05) is 0 Å². The van der Waals surface area contributed by atoms with Crippen molar-refractivity contribution in [1.82, 2.24) is 39.5 Å². The number of anilines is 1. The fourth-order valence-corrected chi connectivity index (χ4v) is 1.57. The molecule has 0 atom stereocenters. The van der Waals surface area contributed by atoms with E-state index < -0.39 is 0 Å². The van der Waals surface area contributed by atoms with Crippen molar-refractivity contribution in [2.45, 2.75) is 13.3 Å². The summed E-state index contributed by atoms with van der Waals surface area (Å²) in [4.78, 5) is 16.9. The predicted octanol–water partition coefficient (Wildman–Crippen LogP) is 0.460. The normalized spacial score (nSPS) is 10.7. The standard InChI is InChI=1S/C11H13N9/c1-2-4-13-9-16-10(19-6-3-5-14-19)18-11(17-9)20-8-12-7-15-20/h3,5-8H,2,4H2,1H3,(H,13,16,17,18). The lowest BCUT2D eigenvalue weighted by Crippen LogP contribution is -2.13. The summed E-state index contributed by atoms with van der Waals surface area (Å²) in [5.41, 5.74) is 0. The van der Waals surface area contributed by atoms with Crippen LogP contribution < -0.4 is 5.32 Å². The number of hydrogen-bond acceptors (Lipinski definition) is 7. The van der Waals surface area contributed by atoms with Gasteiger partial charge in [0.05, 0.1) is 0 Å². The van der Waals surface area contributed by atoms with Crippen molar-refractivity contribution in [3.05, 3.63) is 31.1 Å². The van der Waals surface area contributed by atoms with Crippen LogP contribution in [0.4, 0.5) is 5.95 Å². The molecule has 0 saturated heterocycles. The molecule has 0 aliphatic rings. The van der Waals surface area contributed by atoms with E-state index in [0.29, 0.717) is 17.8 Å². The first kappa shape index (κ1) is 12.2. The van der Waals surface area contributed by atoms with Gasteiger partial charge in [-0.25, -0.2) is 9.67 Å². The van der Waals surface area contributed by atoms with E-state index in [1.54, 1.807) is 23.1 Å². The molecule has 0 radical (unpaired) electrons. The molecule has 3 rings (SSSR count). The molecule has 3 aromatic rings. The van der Waals surface area contributed by atoms with Gasteiger partial charge in [-0.1, -0.05) is 6.92 Å². The second-order valence-corrected chi connectivity index (χ2v) is 3.98. The molecular formula is C11H13N9. The van der Waals surface area contributed by atoms with Crippen molar-refractivity contribution >= 4 is 5.95 Å². The van der Waals surface area contributed by atoms with Crippen LogP contribution in [-0.4, -0.2) is 46.0 Å². The highest BCUT2D eigenvalue weighted by atomic mass is 15.4. The lowest BCUT2D eigenvalue weighted by Gasteiger charge is -2.07. The molecule has 3 aromatic heterocycles. The third kappa shape index (κ3) is 2.46. The average molecular weight is 271 g/mol. The van der Waals surface area contributed by atoms with Crippen molar-refractivity contribution in [2.75, 3.05) is 11.9 Å². The second-order valence-electron chi connectivity index (χ2n) is 3.98. The molecule has 9 heteroatoms. The number of nitrogens with one attached hydrogen (secondary N) is 1. The maximum Gasteiger partial charge on any atom is 0.258 e. The molecule has 0 aliphatic heterocycles. The van der Waals surface area contributed by atoms with Gasteiger partial charge in [0.2, 0.25) is 5.95 Å². The minimum Gasteiger partial charge on any atom is -0.354 e. The van der Waals surface area contributed by atoms with E-state index in [0.717, 1.165) is 13.0 Å². The van der Waals surface area contributed by atoms with Gasteiger partial charge in [-0.2, -0.15) is 29.8 Å². The first-order chi connectivity index (χ1) is 9.86. The minimum absolute atomic E-state index is 0.390. The zero-order valence-corrected chi connectivity index (χ0v) is 10.9. The molecule has 3 heterocycles. The van der Waals surface area contributed by atoms with Gasteiger partial charge in [-0.05, 0) is 12.5 Å². The Morgan fingerprint density at radius 1 is 1.10 bits per heavy atom. The number of aromatic nitrogens is 8. The third-order valence-corrected chi connectivity index (χ3v) is 2.48. The third-order valence-electron chi connectivity index (χ3n) is 2.48. The molecule has 0 bridgehead atoms. The first-order valence-electron chi connectivity index (χ1n) is 6.22. The topological polar surface area (TPSA) is 99.2 Å². The van der Waals surface area contributed by atoms with E-state index >= 15 is 0 Å². The van der Waals surface area contributed by atoms with Crippen molar-refractivity contribution < 1.29 is 0 Å². The van der Waals surface area contributed by atoms with Gasteiger partial charge in [0, 0.05) is 18.9 Å².